The molecule has 4 fully saturated rings. The molecule has 7 N–H and O–H groups in total. The number of aromatic nitrogens is 15. The molecular formula is C90H95F9N22O8. The summed E-state index contributed by atoms with van der Waals surface area (Å²) >= 11 is 0. The fraction of sp³-hybridized carbons (Fsp3) is 0.333. The van der Waals surface area contributed by atoms with Gasteiger partial charge in [-0.15, -0.1) is 0 Å². The standard InChI is InChI=1S/2C28H27F2N7O2.C21H15FN6O.C7H13F2NO.C5H9F2NO.CH4O/c2*1-3-36-11-10-24(28(29,30)15-36)39-23-6-4-5-21-26(23)27(33-16-31-21)35-19-7-8-22(18(2)13-19)38-20-9-12-37-25(14-20)32-17-34-37;1-13-9-14(27-21-20-16(22)3-2-4-17(20)23-11-25-21)5-6-18(13)29-15-7-8-28-19(10-15)24-12-26-28;1-2-10-4-3-6(11)7(8,9)5-10;6-5(7)3-8-2-1-4(5)9;1-2/h2*4-9,12-14,16-17,24H,3,10-11,15H2,1-2H3,(H,31,33,35);2-12H,1H3,(H,23,25,27);6,11H,2-5H2,1H3;4,8-9H,1-3H2;2H,1H3. The molecule has 30 nitrogen and oxygen atoms in total. The van der Waals surface area contributed by atoms with Crippen molar-refractivity contribution in [1.82, 2.24) is 93.7 Å². The molecule has 0 radical (unpaired) electrons. The highest BCUT2D eigenvalue weighted by Gasteiger charge is 2.48. The normalized spacial score (nSPS) is 18.2. The highest BCUT2D eigenvalue weighted by atomic mass is 19.3. The summed E-state index contributed by atoms with van der Waals surface area (Å²) in [5.41, 5.74) is 8.78. The van der Waals surface area contributed by atoms with Gasteiger partial charge in [-0.3, -0.25) is 14.7 Å². The molecule has 39 heteroatoms. The Morgan fingerprint density at radius 2 is 0.752 bits per heavy atom. The maximum absolute atomic E-state index is 14.9. The Labute approximate surface area is 734 Å². The summed E-state index contributed by atoms with van der Waals surface area (Å²) in [5, 5.41) is 50.5. The number of ether oxygens (including phenoxy) is 5. The van der Waals surface area contributed by atoms with Crippen LogP contribution in [0.15, 0.2) is 202 Å². The number of fused-ring (bicyclic) bond motifs is 6. The van der Waals surface area contributed by atoms with Crippen LogP contribution in [0.25, 0.3) is 49.7 Å². The Hall–Kier alpha value is -13.3. The Balaban J connectivity index is 0.000000140. The fourth-order valence-electron chi connectivity index (χ4n) is 14.8. The summed E-state index contributed by atoms with van der Waals surface area (Å²) in [5.74, 6) is -6.11. The van der Waals surface area contributed by atoms with E-state index in [4.69, 9.17) is 39.0 Å². The molecule has 4 atom stereocenters. The van der Waals surface area contributed by atoms with Crippen LogP contribution in [-0.4, -0.2) is 231 Å². The van der Waals surface area contributed by atoms with Crippen molar-refractivity contribution in [3.8, 4) is 46.0 Å². The number of pyridine rings is 3. The molecule has 0 bridgehead atoms. The lowest BCUT2D eigenvalue weighted by Crippen LogP contribution is -2.53. The third-order valence-electron chi connectivity index (χ3n) is 21.8. The van der Waals surface area contributed by atoms with Crippen LogP contribution in [0.1, 0.15) is 63.1 Å². The van der Waals surface area contributed by atoms with Gasteiger partial charge in [0.25, 0.3) is 23.7 Å². The fourth-order valence-corrected chi connectivity index (χ4v) is 14.8. The van der Waals surface area contributed by atoms with E-state index in [1.807, 2.05) is 133 Å². The van der Waals surface area contributed by atoms with E-state index in [2.05, 4.69) is 81.4 Å². The van der Waals surface area contributed by atoms with Crippen molar-refractivity contribution in [3.63, 3.8) is 0 Å². The minimum Gasteiger partial charge on any atom is -0.483 e. The van der Waals surface area contributed by atoms with Crippen LogP contribution >= 0.6 is 0 Å². The maximum atomic E-state index is 14.9. The number of piperidine rings is 4. The number of aliphatic hydroxyl groups excluding tert-OH is 3. The van der Waals surface area contributed by atoms with E-state index >= 15 is 0 Å². The van der Waals surface area contributed by atoms with Crippen LogP contribution in [0, 0.1) is 26.6 Å². The first kappa shape index (κ1) is 91.9. The molecule has 13 heterocycles. The van der Waals surface area contributed by atoms with Crippen molar-refractivity contribution in [2.24, 2.45) is 0 Å². The van der Waals surface area contributed by atoms with Crippen molar-refractivity contribution >= 4 is 84.2 Å². The third-order valence-corrected chi connectivity index (χ3v) is 21.8. The van der Waals surface area contributed by atoms with Crippen molar-refractivity contribution in [3.05, 3.63) is 225 Å². The Morgan fingerprint density at radius 1 is 0.395 bits per heavy atom. The van der Waals surface area contributed by atoms with Gasteiger partial charge in [0.05, 0.1) is 58.9 Å². The second-order valence-electron chi connectivity index (χ2n) is 30.7. The molecule has 6 aromatic carbocycles. The van der Waals surface area contributed by atoms with Gasteiger partial charge in [0, 0.05) is 93.4 Å². The number of nitrogens with one attached hydrogen (secondary N) is 4. The minimum absolute atomic E-state index is 0.146. The predicted molar refractivity (Wildman–Crippen MR) is 468 cm³/mol. The lowest BCUT2D eigenvalue weighted by molar-refractivity contribution is -0.148. The Bertz CT molecular complexity index is 6080. The molecule has 129 heavy (non-hydrogen) atoms. The quantitative estimate of drug-likeness (QED) is 0.0370. The number of hydrogen-bond acceptors (Lipinski definition) is 27. The summed E-state index contributed by atoms with van der Waals surface area (Å²) in [4.78, 5) is 43.5. The molecule has 0 aliphatic carbocycles. The molecular weight excluding hydrogens is 1690 g/mol. The van der Waals surface area contributed by atoms with E-state index in [0.29, 0.717) is 159 Å². The first-order valence-corrected chi connectivity index (χ1v) is 41.6. The Kier molecular flexibility index (Phi) is 29.0. The van der Waals surface area contributed by atoms with Crippen molar-refractivity contribution < 1.29 is 78.5 Å². The van der Waals surface area contributed by atoms with Crippen molar-refractivity contribution in [1.29, 1.82) is 0 Å². The number of aliphatic hydroxyl groups is 3. The SMILES string of the molecule is CCN1CCC(O)C(F)(F)C1.CCN1CCC(Oc2cccc3ncnc(Nc4ccc(Oc5ccn6ncnc6c5)c(C)c4)c23)C(F)(F)C1.CCN1CCC(Oc2cccc3ncnc(Nc4ccc(Oc5ccn6ncnc6c5)c(C)c4)c23)C(F)(F)C1.CO.Cc1cc(Nc2ncnc3cccc(F)c23)ccc1Oc1ccn2ncnc2c1.OC1CCNCC1(F)F. The minimum atomic E-state index is -2.97. The summed E-state index contributed by atoms with van der Waals surface area (Å²) in [6.07, 6.45) is 9.56. The van der Waals surface area contributed by atoms with Gasteiger partial charge in [-0.1, -0.05) is 39.0 Å². The molecule has 4 saturated heterocycles. The summed E-state index contributed by atoms with van der Waals surface area (Å²) in [6.45, 7) is 14.1. The molecule has 0 spiro atoms. The average molecular weight is 1780 g/mol. The van der Waals surface area contributed by atoms with Gasteiger partial charge in [-0.05, 0) is 186 Å². The largest absolute Gasteiger partial charge is 0.483 e. The maximum Gasteiger partial charge on any atom is 0.296 e. The first-order chi connectivity index (χ1) is 62.1. The van der Waals surface area contributed by atoms with Gasteiger partial charge >= 0.3 is 0 Å². The number of halogens is 9. The lowest BCUT2D eigenvalue weighted by atomic mass is 10.0. The van der Waals surface area contributed by atoms with Crippen LogP contribution in [0.2, 0.25) is 0 Å². The molecule has 0 saturated carbocycles. The Morgan fingerprint density at radius 3 is 1.10 bits per heavy atom. The van der Waals surface area contributed by atoms with Crippen LogP contribution in [0.3, 0.4) is 0 Å². The number of benzene rings is 6. The van der Waals surface area contributed by atoms with E-state index in [1.54, 1.807) is 95.4 Å². The zero-order valence-electron chi connectivity index (χ0n) is 71.3. The molecule has 15 aromatic rings. The number of hydrogen-bond donors (Lipinski definition) is 7. The first-order valence-electron chi connectivity index (χ1n) is 41.6. The van der Waals surface area contributed by atoms with Gasteiger partial charge in [-0.25, -0.2) is 97.9 Å². The van der Waals surface area contributed by atoms with E-state index in [0.717, 1.165) is 40.9 Å². The highest BCUT2D eigenvalue weighted by molar-refractivity contribution is 5.97. The number of aryl methyl sites for hydroxylation is 3. The van der Waals surface area contributed by atoms with Gasteiger partial charge in [0.1, 0.15) is 119 Å². The average Bonchev–Trinajstić information content (AvgIpc) is 1.29. The summed E-state index contributed by atoms with van der Waals surface area (Å²) < 4.78 is 159. The zero-order valence-corrected chi connectivity index (χ0v) is 71.3. The van der Waals surface area contributed by atoms with Crippen LogP contribution in [0.4, 0.5) is 74.0 Å². The van der Waals surface area contributed by atoms with E-state index in [-0.39, 0.29) is 51.1 Å². The topological polar surface area (TPSA) is 333 Å². The second-order valence-corrected chi connectivity index (χ2v) is 30.7. The van der Waals surface area contributed by atoms with Gasteiger partial charge in [0.2, 0.25) is 0 Å². The molecule has 9 aromatic heterocycles. The smallest absolute Gasteiger partial charge is 0.296 e. The third kappa shape index (κ3) is 22.5. The monoisotopic (exact) mass is 1780 g/mol. The zero-order chi connectivity index (χ0) is 91.2. The van der Waals surface area contributed by atoms with Crippen molar-refractivity contribution in [2.45, 2.75) is 115 Å². The van der Waals surface area contributed by atoms with Gasteiger partial charge in [-0.2, -0.15) is 15.3 Å². The summed E-state index contributed by atoms with van der Waals surface area (Å²) in [6, 6.07) is 43.1. The second kappa shape index (κ2) is 40.8. The van der Waals surface area contributed by atoms with Crippen LogP contribution in [0.5, 0.6) is 46.0 Å². The number of likely N-dealkylation sites (tertiary alicyclic amines) is 3. The van der Waals surface area contributed by atoms with Crippen LogP contribution in [-0.2, 0) is 0 Å². The van der Waals surface area contributed by atoms with E-state index < -0.39 is 54.7 Å². The van der Waals surface area contributed by atoms with E-state index in [1.165, 1.54) is 44.0 Å². The lowest BCUT2D eigenvalue weighted by Gasteiger charge is -2.37. The highest BCUT2D eigenvalue weighted by Crippen LogP contribution is 2.42. The molecule has 0 amide bonds. The molecule has 4 aliphatic heterocycles. The van der Waals surface area contributed by atoms with Gasteiger partial charge in [0.15, 0.2) is 29.1 Å². The van der Waals surface area contributed by atoms with Crippen LogP contribution < -0.4 is 45.0 Å². The molecule has 676 valence electrons. The number of nitrogens with zero attached hydrogens (tertiary/aromatic N) is 18. The number of rotatable bonds is 19. The molecule has 4 unspecified atom stereocenters. The van der Waals surface area contributed by atoms with Crippen molar-refractivity contribution in [2.75, 3.05) is 95.1 Å². The number of anilines is 6. The van der Waals surface area contributed by atoms with E-state index in [9.17, 15) is 39.5 Å². The summed E-state index contributed by atoms with van der Waals surface area (Å²) in [7, 11) is 1.00. The predicted octanol–water partition coefficient (Wildman–Crippen LogP) is 16.2. The number of alkyl halides is 8. The molecule has 19 rings (SSSR count). The van der Waals surface area contributed by atoms with Gasteiger partial charge < -0.3 is 60.3 Å². The molecule has 4 aliphatic rings.